The minimum absolute atomic E-state index is 0. The van der Waals surface area contributed by atoms with Crippen LogP contribution in [0.15, 0.2) is 60.7 Å². The average molecular weight is 416 g/mol. The number of ether oxygens (including phenoxy) is 1. The highest BCUT2D eigenvalue weighted by molar-refractivity contribution is 5.92. The van der Waals surface area contributed by atoms with Crippen LogP contribution in [0.1, 0.15) is 12.0 Å². The Kier molecular flexibility index (Phi) is 9.71. The van der Waals surface area contributed by atoms with Gasteiger partial charge in [0.1, 0.15) is 5.75 Å². The van der Waals surface area contributed by atoms with Crippen LogP contribution in [0.5, 0.6) is 5.75 Å². The summed E-state index contributed by atoms with van der Waals surface area (Å²) in [5.41, 5.74) is 1.98. The number of hydrogen-bond acceptors (Lipinski definition) is 3. The monoisotopic (exact) mass is 415 g/mol. The van der Waals surface area contributed by atoms with Crippen molar-refractivity contribution in [3.8, 4) is 5.75 Å². The second-order valence-corrected chi connectivity index (χ2v) is 7.11. The van der Waals surface area contributed by atoms with Gasteiger partial charge in [-0.1, -0.05) is 48.5 Å². The van der Waals surface area contributed by atoms with Gasteiger partial charge in [0.2, 0.25) is 5.91 Å². The van der Waals surface area contributed by atoms with E-state index in [9.17, 15) is 4.79 Å². The van der Waals surface area contributed by atoms with Crippen LogP contribution in [-0.4, -0.2) is 57.2 Å². The molecular weight excluding hydrogens is 386 g/mol. The lowest BCUT2D eigenvalue weighted by atomic mass is 10.2. The number of nitrogens with zero attached hydrogens (tertiary/aromatic N) is 1. The van der Waals surface area contributed by atoms with Gasteiger partial charge in [0.25, 0.3) is 0 Å². The number of methoxy groups -OCH3 is 1. The van der Waals surface area contributed by atoms with Gasteiger partial charge >= 0.3 is 0 Å². The molecule has 0 bridgehead atoms. The van der Waals surface area contributed by atoms with Crippen LogP contribution in [0.2, 0.25) is 0 Å². The largest absolute Gasteiger partial charge is 1.00 e. The normalized spacial score (nSPS) is 15.1. The molecule has 5 nitrogen and oxygen atoms in total. The van der Waals surface area contributed by atoms with Crippen molar-refractivity contribution in [3.63, 3.8) is 0 Å². The summed E-state index contributed by atoms with van der Waals surface area (Å²) in [6.45, 7) is 6.17. The Morgan fingerprint density at radius 2 is 1.79 bits per heavy atom. The molecule has 1 saturated heterocycles. The van der Waals surface area contributed by atoms with Gasteiger partial charge in [0, 0.05) is 26.1 Å². The van der Waals surface area contributed by atoms with Gasteiger partial charge in [-0.05, 0) is 23.8 Å². The third-order valence-electron chi connectivity index (χ3n) is 5.12. The molecule has 0 atom stereocenters. The van der Waals surface area contributed by atoms with E-state index in [4.69, 9.17) is 4.74 Å². The van der Waals surface area contributed by atoms with Gasteiger partial charge in [-0.25, -0.2) is 0 Å². The van der Waals surface area contributed by atoms with Crippen molar-refractivity contribution in [1.82, 2.24) is 4.90 Å². The second-order valence-electron chi connectivity index (χ2n) is 7.11. The van der Waals surface area contributed by atoms with E-state index in [0.29, 0.717) is 12.2 Å². The number of piperazine rings is 1. The van der Waals surface area contributed by atoms with Crippen molar-refractivity contribution in [2.75, 3.05) is 51.7 Å². The molecular formula is C23H30ClN3O2. The van der Waals surface area contributed by atoms with Gasteiger partial charge in [0.05, 0.1) is 32.4 Å². The maximum absolute atomic E-state index is 12.3. The fourth-order valence-corrected chi connectivity index (χ4v) is 3.44. The topological polar surface area (TPSA) is 46.0 Å². The van der Waals surface area contributed by atoms with E-state index in [0.717, 1.165) is 45.0 Å². The molecule has 0 aliphatic carbocycles. The molecule has 0 spiro atoms. The number of para-hydroxylation sites is 2. The summed E-state index contributed by atoms with van der Waals surface area (Å²) in [5.74, 6) is 0.724. The first-order chi connectivity index (χ1) is 13.7. The molecule has 2 aromatic carbocycles. The maximum Gasteiger partial charge on any atom is 0.225 e. The number of anilines is 1. The Hall–Kier alpha value is -2.34. The summed E-state index contributed by atoms with van der Waals surface area (Å²) in [7, 11) is 1.61. The number of hydrogen-bond donors (Lipinski definition) is 2. The molecule has 0 saturated carbocycles. The summed E-state index contributed by atoms with van der Waals surface area (Å²) in [6, 6.07) is 17.9. The quantitative estimate of drug-likeness (QED) is 0.578. The standard InChI is InChI=1S/C23H29N3O2.ClH/c1-28-22-12-6-5-11-21(22)24-23(27)13-15-26-18-16-25(17-19-26)14-7-10-20-8-3-2-4-9-20;/h2-12H,13-19H2,1H3,(H,24,27);1H/b10-7+;. The van der Waals surface area contributed by atoms with E-state index >= 15 is 0 Å². The third-order valence-corrected chi connectivity index (χ3v) is 5.12. The first-order valence-corrected chi connectivity index (χ1v) is 9.95. The summed E-state index contributed by atoms with van der Waals surface area (Å²) in [5, 5.41) is 2.95. The van der Waals surface area contributed by atoms with Gasteiger partial charge in [-0.15, -0.1) is 0 Å². The minimum atomic E-state index is 0. The zero-order valence-electron chi connectivity index (χ0n) is 16.9. The van der Waals surface area contributed by atoms with Crippen LogP contribution >= 0.6 is 0 Å². The Balaban J connectivity index is 0.00000300. The lowest BCUT2D eigenvalue weighted by molar-refractivity contribution is -0.898. The molecule has 0 unspecified atom stereocenters. The highest BCUT2D eigenvalue weighted by Crippen LogP contribution is 2.23. The Bertz CT molecular complexity index is 775. The number of nitrogens with one attached hydrogen (secondary N) is 2. The van der Waals surface area contributed by atoms with Crippen molar-refractivity contribution < 1.29 is 26.8 Å². The molecule has 1 amide bonds. The molecule has 2 N–H and O–H groups in total. The smallest absolute Gasteiger partial charge is 0.225 e. The van der Waals surface area contributed by atoms with E-state index in [1.807, 2.05) is 30.3 Å². The van der Waals surface area contributed by atoms with E-state index in [2.05, 4.69) is 46.6 Å². The van der Waals surface area contributed by atoms with E-state index in [1.165, 1.54) is 5.56 Å². The molecule has 1 aliphatic heterocycles. The predicted molar refractivity (Wildman–Crippen MR) is 114 cm³/mol. The first-order valence-electron chi connectivity index (χ1n) is 9.95. The Morgan fingerprint density at radius 3 is 2.52 bits per heavy atom. The molecule has 1 aliphatic rings. The molecule has 0 aromatic heterocycles. The molecule has 0 radical (unpaired) electrons. The van der Waals surface area contributed by atoms with Crippen molar-refractivity contribution in [2.24, 2.45) is 0 Å². The van der Waals surface area contributed by atoms with Crippen LogP contribution < -0.4 is 27.4 Å². The summed E-state index contributed by atoms with van der Waals surface area (Å²) >= 11 is 0. The van der Waals surface area contributed by atoms with E-state index in [-0.39, 0.29) is 18.3 Å². The van der Waals surface area contributed by atoms with Crippen molar-refractivity contribution in [2.45, 2.75) is 6.42 Å². The number of quaternary nitrogens is 1. The SMILES string of the molecule is COc1ccccc1NC(=O)CCN1CC[NH+](C/C=C/c2ccccc2)CC1.[Cl-]. The van der Waals surface area contributed by atoms with Gasteiger partial charge < -0.3 is 27.4 Å². The average Bonchev–Trinajstić information content (AvgIpc) is 2.74. The Labute approximate surface area is 179 Å². The first kappa shape index (κ1) is 22.9. The van der Waals surface area contributed by atoms with Crippen molar-refractivity contribution in [1.29, 1.82) is 0 Å². The highest BCUT2D eigenvalue weighted by Gasteiger charge is 2.19. The van der Waals surface area contributed by atoms with E-state index < -0.39 is 0 Å². The number of halogens is 1. The van der Waals surface area contributed by atoms with Crippen LogP contribution in [0.4, 0.5) is 5.69 Å². The predicted octanol–water partition coefficient (Wildman–Crippen LogP) is -1.06. The molecule has 156 valence electrons. The number of carbonyl (C=O) groups excluding carboxylic acids is 1. The maximum atomic E-state index is 12.3. The van der Waals surface area contributed by atoms with Crippen LogP contribution in [-0.2, 0) is 4.79 Å². The Morgan fingerprint density at radius 1 is 1.10 bits per heavy atom. The molecule has 6 heteroatoms. The molecule has 3 rings (SSSR count). The van der Waals surface area contributed by atoms with Crippen LogP contribution in [0.25, 0.3) is 6.08 Å². The van der Waals surface area contributed by atoms with Gasteiger partial charge in [0.15, 0.2) is 0 Å². The second kappa shape index (κ2) is 12.3. The molecule has 2 aromatic rings. The summed E-state index contributed by atoms with van der Waals surface area (Å²) < 4.78 is 5.28. The number of amides is 1. The number of benzene rings is 2. The van der Waals surface area contributed by atoms with Crippen LogP contribution in [0.3, 0.4) is 0 Å². The zero-order valence-corrected chi connectivity index (χ0v) is 17.7. The fraction of sp³-hybridized carbons (Fsp3) is 0.348. The highest BCUT2D eigenvalue weighted by atomic mass is 35.5. The fourth-order valence-electron chi connectivity index (χ4n) is 3.44. The summed E-state index contributed by atoms with van der Waals surface area (Å²) in [6.07, 6.45) is 4.96. The molecule has 1 heterocycles. The number of rotatable bonds is 8. The molecule has 29 heavy (non-hydrogen) atoms. The lowest BCUT2D eigenvalue weighted by Crippen LogP contribution is -3.14. The minimum Gasteiger partial charge on any atom is -1.00 e. The lowest BCUT2D eigenvalue weighted by Gasteiger charge is -2.31. The van der Waals surface area contributed by atoms with Gasteiger partial charge in [-0.2, -0.15) is 0 Å². The van der Waals surface area contributed by atoms with Crippen LogP contribution in [0, 0.1) is 0 Å². The zero-order chi connectivity index (χ0) is 19.6. The van der Waals surface area contributed by atoms with E-state index in [1.54, 1.807) is 12.0 Å². The third kappa shape index (κ3) is 7.54. The number of carbonyl (C=O) groups is 1. The van der Waals surface area contributed by atoms with Crippen molar-refractivity contribution >= 4 is 17.7 Å². The molecule has 1 fully saturated rings. The van der Waals surface area contributed by atoms with Crippen molar-refractivity contribution in [3.05, 3.63) is 66.2 Å². The summed E-state index contributed by atoms with van der Waals surface area (Å²) in [4.78, 5) is 16.2. The van der Waals surface area contributed by atoms with Gasteiger partial charge in [-0.3, -0.25) is 9.69 Å².